The Kier molecular flexibility index (Phi) is 9.99. The van der Waals surface area contributed by atoms with Crippen molar-refractivity contribution < 1.29 is 4.74 Å². The van der Waals surface area contributed by atoms with Crippen LogP contribution in [0, 0.1) is 0 Å². The SMILES string of the molecule is Cl.Clc1ccc(COc2ccc(CNC3CCCCCCC3)cc2Br)cc1. The highest BCUT2D eigenvalue weighted by atomic mass is 79.9. The fourth-order valence-electron chi connectivity index (χ4n) is 3.44. The molecule has 0 aromatic heterocycles. The van der Waals surface area contributed by atoms with Crippen LogP contribution in [0.5, 0.6) is 5.75 Å². The molecule has 1 saturated carbocycles. The molecule has 2 aromatic carbocycles. The topological polar surface area (TPSA) is 21.3 Å². The predicted molar refractivity (Wildman–Crippen MR) is 120 cm³/mol. The van der Waals surface area contributed by atoms with Crippen molar-refractivity contribution in [1.29, 1.82) is 0 Å². The van der Waals surface area contributed by atoms with Crippen molar-refractivity contribution in [3.63, 3.8) is 0 Å². The average Bonchev–Trinajstić information content (AvgIpc) is 2.61. The van der Waals surface area contributed by atoms with Crippen LogP contribution in [-0.2, 0) is 13.2 Å². The molecule has 148 valence electrons. The van der Waals surface area contributed by atoms with E-state index < -0.39 is 0 Å². The van der Waals surface area contributed by atoms with E-state index in [0.717, 1.165) is 27.4 Å². The zero-order chi connectivity index (χ0) is 18.2. The fourth-order valence-corrected chi connectivity index (χ4v) is 4.10. The molecule has 0 aliphatic heterocycles. The number of ether oxygens (including phenoxy) is 1. The molecule has 0 bridgehead atoms. The van der Waals surface area contributed by atoms with Crippen LogP contribution < -0.4 is 10.1 Å². The van der Waals surface area contributed by atoms with Gasteiger partial charge in [0.2, 0.25) is 0 Å². The summed E-state index contributed by atoms with van der Waals surface area (Å²) in [4.78, 5) is 0. The quantitative estimate of drug-likeness (QED) is 0.475. The Hall–Kier alpha value is -0.740. The highest BCUT2D eigenvalue weighted by Crippen LogP contribution is 2.27. The van der Waals surface area contributed by atoms with Gasteiger partial charge in [0.25, 0.3) is 0 Å². The molecule has 3 rings (SSSR count). The minimum atomic E-state index is 0. The molecule has 0 heterocycles. The van der Waals surface area contributed by atoms with Gasteiger partial charge in [-0.2, -0.15) is 0 Å². The van der Waals surface area contributed by atoms with Crippen molar-refractivity contribution >= 4 is 39.9 Å². The average molecular weight is 473 g/mol. The normalized spacial score (nSPS) is 15.5. The van der Waals surface area contributed by atoms with Gasteiger partial charge in [-0.3, -0.25) is 0 Å². The molecule has 1 aliphatic rings. The lowest BCUT2D eigenvalue weighted by molar-refractivity contribution is 0.304. The summed E-state index contributed by atoms with van der Waals surface area (Å²) < 4.78 is 6.94. The lowest BCUT2D eigenvalue weighted by Gasteiger charge is -2.21. The molecule has 0 saturated heterocycles. The molecule has 27 heavy (non-hydrogen) atoms. The highest BCUT2D eigenvalue weighted by molar-refractivity contribution is 9.10. The Balaban J connectivity index is 0.00000261. The Morgan fingerprint density at radius 3 is 2.22 bits per heavy atom. The summed E-state index contributed by atoms with van der Waals surface area (Å²) in [5.74, 6) is 0.870. The molecule has 1 aliphatic carbocycles. The molecule has 1 N–H and O–H groups in total. The zero-order valence-corrected chi connectivity index (χ0v) is 18.7. The molecule has 2 nitrogen and oxygen atoms in total. The Labute approximate surface area is 182 Å². The van der Waals surface area contributed by atoms with Crippen molar-refractivity contribution in [3.8, 4) is 5.75 Å². The molecule has 0 radical (unpaired) electrons. The summed E-state index contributed by atoms with van der Waals surface area (Å²) in [6.07, 6.45) is 9.54. The summed E-state index contributed by atoms with van der Waals surface area (Å²) in [6, 6.07) is 14.8. The zero-order valence-electron chi connectivity index (χ0n) is 15.6. The summed E-state index contributed by atoms with van der Waals surface area (Å²) >= 11 is 9.57. The molecule has 1 fully saturated rings. The maximum atomic E-state index is 5.93. The van der Waals surface area contributed by atoms with Crippen LogP contribution in [0.15, 0.2) is 46.9 Å². The van der Waals surface area contributed by atoms with E-state index in [1.54, 1.807) is 0 Å². The lowest BCUT2D eigenvalue weighted by atomic mass is 9.96. The lowest BCUT2D eigenvalue weighted by Crippen LogP contribution is -2.29. The van der Waals surface area contributed by atoms with Crippen molar-refractivity contribution in [2.45, 2.75) is 64.1 Å². The summed E-state index contributed by atoms with van der Waals surface area (Å²) in [6.45, 7) is 1.45. The summed E-state index contributed by atoms with van der Waals surface area (Å²) in [7, 11) is 0. The standard InChI is InChI=1S/C22H27BrClNO.ClH/c23-21-14-18(15-25-20-6-4-2-1-3-5-7-20)10-13-22(21)26-16-17-8-11-19(24)12-9-17;/h8-14,20,25H,1-7,15-16H2;1H. The monoisotopic (exact) mass is 471 g/mol. The molecule has 0 unspecified atom stereocenters. The van der Waals surface area contributed by atoms with E-state index in [2.05, 4.69) is 39.4 Å². The van der Waals surface area contributed by atoms with Gasteiger partial charge in [-0.05, 0) is 64.2 Å². The first-order valence-electron chi connectivity index (χ1n) is 9.60. The van der Waals surface area contributed by atoms with Crippen molar-refractivity contribution in [2.24, 2.45) is 0 Å². The molecular formula is C22H28BrCl2NO. The van der Waals surface area contributed by atoms with Crippen LogP contribution in [0.2, 0.25) is 5.02 Å². The minimum absolute atomic E-state index is 0. The highest BCUT2D eigenvalue weighted by Gasteiger charge is 2.11. The van der Waals surface area contributed by atoms with Gasteiger partial charge < -0.3 is 10.1 Å². The first-order valence-corrected chi connectivity index (χ1v) is 10.8. The van der Waals surface area contributed by atoms with E-state index in [0.29, 0.717) is 12.6 Å². The van der Waals surface area contributed by atoms with E-state index in [-0.39, 0.29) is 12.4 Å². The van der Waals surface area contributed by atoms with Gasteiger partial charge >= 0.3 is 0 Å². The molecule has 0 amide bonds. The van der Waals surface area contributed by atoms with E-state index in [1.165, 1.54) is 50.5 Å². The molecular weight excluding hydrogens is 445 g/mol. The summed E-state index contributed by atoms with van der Waals surface area (Å²) in [5, 5.41) is 4.49. The number of benzene rings is 2. The van der Waals surface area contributed by atoms with Gasteiger partial charge in [0.15, 0.2) is 0 Å². The third-order valence-electron chi connectivity index (χ3n) is 5.00. The smallest absolute Gasteiger partial charge is 0.134 e. The molecule has 0 spiro atoms. The van der Waals surface area contributed by atoms with Crippen LogP contribution >= 0.6 is 39.9 Å². The minimum Gasteiger partial charge on any atom is -0.488 e. The Morgan fingerprint density at radius 1 is 0.926 bits per heavy atom. The van der Waals surface area contributed by atoms with Gasteiger partial charge in [0.1, 0.15) is 12.4 Å². The third-order valence-corrected chi connectivity index (χ3v) is 5.88. The Morgan fingerprint density at radius 2 is 1.56 bits per heavy atom. The van der Waals surface area contributed by atoms with Crippen LogP contribution in [0.25, 0.3) is 0 Å². The fraction of sp³-hybridized carbons (Fsp3) is 0.455. The number of hydrogen-bond donors (Lipinski definition) is 1. The number of nitrogens with one attached hydrogen (secondary N) is 1. The number of halogens is 3. The van der Waals surface area contributed by atoms with Gasteiger partial charge in [-0.15, -0.1) is 12.4 Å². The van der Waals surface area contributed by atoms with E-state index in [1.807, 2.05) is 24.3 Å². The number of rotatable bonds is 6. The van der Waals surface area contributed by atoms with Gasteiger partial charge in [-0.1, -0.05) is 61.9 Å². The number of hydrogen-bond acceptors (Lipinski definition) is 2. The molecule has 0 atom stereocenters. The van der Waals surface area contributed by atoms with Crippen molar-refractivity contribution in [1.82, 2.24) is 5.32 Å². The van der Waals surface area contributed by atoms with Gasteiger partial charge in [0, 0.05) is 17.6 Å². The van der Waals surface area contributed by atoms with Crippen LogP contribution in [-0.4, -0.2) is 6.04 Å². The second-order valence-electron chi connectivity index (χ2n) is 7.10. The molecule has 2 aromatic rings. The predicted octanol–water partition coefficient (Wildman–Crippen LogP) is 7.31. The van der Waals surface area contributed by atoms with Gasteiger partial charge in [0.05, 0.1) is 4.47 Å². The van der Waals surface area contributed by atoms with Crippen LogP contribution in [0.3, 0.4) is 0 Å². The van der Waals surface area contributed by atoms with Gasteiger partial charge in [-0.25, -0.2) is 0 Å². The first kappa shape index (κ1) is 22.5. The summed E-state index contributed by atoms with van der Waals surface area (Å²) in [5.41, 5.74) is 2.40. The van der Waals surface area contributed by atoms with Crippen LogP contribution in [0.4, 0.5) is 0 Å². The third kappa shape index (κ3) is 7.65. The molecule has 5 heteroatoms. The Bertz CT molecular complexity index is 685. The van der Waals surface area contributed by atoms with E-state index >= 15 is 0 Å². The largest absolute Gasteiger partial charge is 0.488 e. The second kappa shape index (κ2) is 12.0. The van der Waals surface area contributed by atoms with Crippen molar-refractivity contribution in [3.05, 3.63) is 63.1 Å². The van der Waals surface area contributed by atoms with E-state index in [4.69, 9.17) is 16.3 Å². The maximum absolute atomic E-state index is 5.93. The maximum Gasteiger partial charge on any atom is 0.134 e. The second-order valence-corrected chi connectivity index (χ2v) is 8.39. The van der Waals surface area contributed by atoms with Crippen LogP contribution in [0.1, 0.15) is 56.1 Å². The van der Waals surface area contributed by atoms with Crippen molar-refractivity contribution in [2.75, 3.05) is 0 Å². The van der Waals surface area contributed by atoms with E-state index in [9.17, 15) is 0 Å². The first-order chi connectivity index (χ1) is 12.7.